The van der Waals surface area contributed by atoms with Crippen molar-refractivity contribution in [2.24, 2.45) is 0 Å². The second kappa shape index (κ2) is 14.9. The van der Waals surface area contributed by atoms with Gasteiger partial charge in [-0.3, -0.25) is 0 Å². The van der Waals surface area contributed by atoms with E-state index in [2.05, 4.69) is 206 Å². The Bertz CT molecular complexity index is 1940. The fraction of sp³-hybridized carbons (Fsp3) is 0.0667. The normalized spacial score (nSPS) is 12.8. The summed E-state index contributed by atoms with van der Waals surface area (Å²) in [6.45, 7) is 8.87. The van der Waals surface area contributed by atoms with Gasteiger partial charge in [-0.05, 0) is 58.2 Å². The van der Waals surface area contributed by atoms with Gasteiger partial charge in [0.1, 0.15) is 0 Å². The van der Waals surface area contributed by atoms with Crippen molar-refractivity contribution in [3.8, 4) is 22.3 Å². The van der Waals surface area contributed by atoms with Crippen LogP contribution in [0, 0.1) is 0 Å². The number of para-hydroxylation sites is 2. The van der Waals surface area contributed by atoms with E-state index in [1.54, 1.807) is 0 Å². The molecule has 0 fully saturated rings. The van der Waals surface area contributed by atoms with Crippen LogP contribution in [0.4, 0.5) is 11.4 Å². The summed E-state index contributed by atoms with van der Waals surface area (Å²) in [6.07, 6.45) is 5.69. The molecule has 0 aliphatic carbocycles. The average Bonchev–Trinajstić information content (AvgIpc) is 3.30. The van der Waals surface area contributed by atoms with E-state index in [1.165, 1.54) is 28.7 Å². The first-order valence-electron chi connectivity index (χ1n) is 16.3. The van der Waals surface area contributed by atoms with Crippen LogP contribution in [0.3, 0.4) is 0 Å². The van der Waals surface area contributed by atoms with Crippen LogP contribution in [0.25, 0.3) is 33.6 Å². The second-order valence-corrected chi connectivity index (χ2v) is 11.5. The van der Waals surface area contributed by atoms with Crippen LogP contribution < -0.4 is 9.80 Å². The summed E-state index contributed by atoms with van der Waals surface area (Å²) in [5, 5.41) is 0. The monoisotopic (exact) mass is 608 g/mol. The van der Waals surface area contributed by atoms with E-state index in [9.17, 15) is 0 Å². The van der Waals surface area contributed by atoms with Crippen LogP contribution >= 0.6 is 0 Å². The van der Waals surface area contributed by atoms with Gasteiger partial charge in [0.05, 0.1) is 11.4 Å². The summed E-state index contributed by atoms with van der Waals surface area (Å²) in [7, 11) is 0. The molecule has 0 unspecified atom stereocenters. The van der Waals surface area contributed by atoms with E-state index in [4.69, 9.17) is 0 Å². The molecule has 0 atom stereocenters. The number of rotatable bonds is 6. The number of benzene rings is 6. The number of hydrogen-bond donors (Lipinski definition) is 0. The maximum atomic E-state index is 4.62. The number of nitrogens with zero attached hydrogens (tertiary/aromatic N) is 2. The molecular formula is C45H40N2. The fourth-order valence-corrected chi connectivity index (χ4v) is 5.73. The van der Waals surface area contributed by atoms with E-state index in [1.807, 2.05) is 6.07 Å². The highest BCUT2D eigenvalue weighted by molar-refractivity contribution is 5.94. The molecule has 1 aliphatic heterocycles. The van der Waals surface area contributed by atoms with E-state index < -0.39 is 0 Å². The molecule has 47 heavy (non-hydrogen) atoms. The molecule has 7 rings (SSSR count). The lowest BCUT2D eigenvalue weighted by atomic mass is 10.0. The van der Waals surface area contributed by atoms with Gasteiger partial charge < -0.3 is 9.80 Å². The zero-order valence-corrected chi connectivity index (χ0v) is 27.1. The van der Waals surface area contributed by atoms with Crippen LogP contribution in [0.15, 0.2) is 194 Å². The topological polar surface area (TPSA) is 6.48 Å². The van der Waals surface area contributed by atoms with Gasteiger partial charge in [0.15, 0.2) is 0 Å². The molecule has 0 spiro atoms. The maximum absolute atomic E-state index is 4.62. The van der Waals surface area contributed by atoms with Crippen LogP contribution in [-0.2, 0) is 0 Å². The Morgan fingerprint density at radius 1 is 0.404 bits per heavy atom. The van der Waals surface area contributed by atoms with Crippen molar-refractivity contribution in [3.63, 3.8) is 0 Å². The molecule has 0 radical (unpaired) electrons. The van der Waals surface area contributed by atoms with E-state index in [-0.39, 0.29) is 0 Å². The third-order valence-electron chi connectivity index (χ3n) is 7.97. The molecule has 0 amide bonds. The van der Waals surface area contributed by atoms with Crippen molar-refractivity contribution in [2.75, 3.05) is 9.80 Å². The number of allylic oxidation sites excluding steroid dienone is 1. The molecule has 0 bridgehead atoms. The Kier molecular flexibility index (Phi) is 9.90. The maximum Gasteiger partial charge on any atom is 0.0700 e. The number of anilines is 2. The quantitative estimate of drug-likeness (QED) is 0.186. The third kappa shape index (κ3) is 7.19. The summed E-state index contributed by atoms with van der Waals surface area (Å²) >= 11 is 0. The predicted octanol–water partition coefficient (Wildman–Crippen LogP) is 12.3. The molecule has 0 N–H and O–H groups in total. The number of hydrogen-bond acceptors (Lipinski definition) is 2. The first-order chi connectivity index (χ1) is 23.2. The standard InChI is InChI=1S/C42H32N2.C3H8/c1-32-30-41(37-26-22-35(23-27-37)33-14-6-2-7-15-33)43(39-18-10-4-11-19-39)31-42(44(32)40-20-12-5-13-21-40)38-28-24-36(25-29-38)34-16-8-3-9-17-34;1-3-2/h2-31H,1H2;3H2,1-2H3. The van der Waals surface area contributed by atoms with Crippen LogP contribution in [-0.4, -0.2) is 0 Å². The van der Waals surface area contributed by atoms with Gasteiger partial charge in [-0.25, -0.2) is 0 Å². The molecule has 1 aliphatic rings. The molecule has 0 saturated carbocycles. The van der Waals surface area contributed by atoms with Crippen molar-refractivity contribution in [1.29, 1.82) is 0 Å². The molecule has 2 nitrogen and oxygen atoms in total. The highest BCUT2D eigenvalue weighted by Crippen LogP contribution is 2.39. The summed E-state index contributed by atoms with van der Waals surface area (Å²) < 4.78 is 0. The Morgan fingerprint density at radius 3 is 1.19 bits per heavy atom. The van der Waals surface area contributed by atoms with E-state index >= 15 is 0 Å². The van der Waals surface area contributed by atoms with Gasteiger partial charge >= 0.3 is 0 Å². The lowest BCUT2D eigenvalue weighted by Crippen LogP contribution is -2.20. The summed E-state index contributed by atoms with van der Waals surface area (Å²) in [5.74, 6) is 0. The molecule has 0 aromatic heterocycles. The summed E-state index contributed by atoms with van der Waals surface area (Å²) in [4.78, 5) is 4.53. The van der Waals surface area contributed by atoms with Gasteiger partial charge in [0.25, 0.3) is 0 Å². The Morgan fingerprint density at radius 2 is 0.745 bits per heavy atom. The Balaban J connectivity index is 0.00000124. The molecule has 2 heteroatoms. The van der Waals surface area contributed by atoms with E-state index in [0.717, 1.165) is 39.6 Å². The largest absolute Gasteiger partial charge is 0.314 e. The zero-order chi connectivity index (χ0) is 32.4. The average molecular weight is 609 g/mol. The molecule has 6 aromatic rings. The second-order valence-electron chi connectivity index (χ2n) is 11.5. The smallest absolute Gasteiger partial charge is 0.0700 e. The van der Waals surface area contributed by atoms with E-state index in [0.29, 0.717) is 0 Å². The van der Waals surface area contributed by atoms with Gasteiger partial charge in [0.2, 0.25) is 0 Å². The minimum absolute atomic E-state index is 0.884. The molecular weight excluding hydrogens is 569 g/mol. The Hall–Kier alpha value is -5.86. The SMILES string of the molecule is C=C1C=C(c2ccc(-c3ccccc3)cc2)N(c2ccccc2)C=C(c2ccc(-c3ccccc3)cc2)N1c1ccccc1.CCC. The highest BCUT2D eigenvalue weighted by atomic mass is 15.2. The Labute approximate surface area is 279 Å². The first kappa shape index (κ1) is 31.1. The van der Waals surface area contributed by atoms with Gasteiger partial charge in [-0.15, -0.1) is 0 Å². The first-order valence-corrected chi connectivity index (χ1v) is 16.3. The third-order valence-corrected chi connectivity index (χ3v) is 7.97. The minimum atomic E-state index is 0.884. The van der Waals surface area contributed by atoms with Crippen LogP contribution in [0.2, 0.25) is 0 Å². The van der Waals surface area contributed by atoms with Crippen molar-refractivity contribution >= 4 is 22.8 Å². The van der Waals surface area contributed by atoms with Crippen molar-refractivity contribution < 1.29 is 0 Å². The lowest BCUT2D eigenvalue weighted by molar-refractivity contribution is 1.09. The summed E-state index contributed by atoms with van der Waals surface area (Å²) in [6, 6.07) is 59.6. The lowest BCUT2D eigenvalue weighted by Gasteiger charge is -2.28. The van der Waals surface area contributed by atoms with Crippen LogP contribution in [0.1, 0.15) is 31.4 Å². The van der Waals surface area contributed by atoms with Gasteiger partial charge in [0, 0.05) is 28.8 Å². The minimum Gasteiger partial charge on any atom is -0.314 e. The summed E-state index contributed by atoms with van der Waals surface area (Å²) in [5.41, 5.74) is 12.1. The zero-order valence-electron chi connectivity index (χ0n) is 27.1. The van der Waals surface area contributed by atoms with Gasteiger partial charge in [-0.1, -0.05) is 172 Å². The fourth-order valence-electron chi connectivity index (χ4n) is 5.73. The van der Waals surface area contributed by atoms with Crippen molar-refractivity contribution in [3.05, 3.63) is 206 Å². The van der Waals surface area contributed by atoms with Crippen LogP contribution in [0.5, 0.6) is 0 Å². The van der Waals surface area contributed by atoms with Crippen molar-refractivity contribution in [2.45, 2.75) is 20.3 Å². The molecule has 230 valence electrons. The van der Waals surface area contributed by atoms with Crippen molar-refractivity contribution in [1.82, 2.24) is 0 Å². The molecule has 1 heterocycles. The van der Waals surface area contributed by atoms with Gasteiger partial charge in [-0.2, -0.15) is 0 Å². The predicted molar refractivity (Wildman–Crippen MR) is 203 cm³/mol. The molecule has 6 aromatic carbocycles. The highest BCUT2D eigenvalue weighted by Gasteiger charge is 2.25. The molecule has 0 saturated heterocycles.